The Kier molecular flexibility index (Phi) is 5.81. The molecule has 0 unspecified atom stereocenters. The van der Waals surface area contributed by atoms with Crippen LogP contribution < -0.4 is 10.2 Å². The third kappa shape index (κ3) is 4.91. The van der Waals surface area contributed by atoms with E-state index in [4.69, 9.17) is 0 Å². The first kappa shape index (κ1) is 18.6. The van der Waals surface area contributed by atoms with Crippen molar-refractivity contribution in [2.24, 2.45) is 0 Å². The second-order valence-electron chi connectivity index (χ2n) is 6.57. The Bertz CT molecular complexity index is 878. The molecule has 2 aromatic carbocycles. The van der Waals surface area contributed by atoms with Gasteiger partial charge in [0.25, 0.3) is 5.91 Å². The highest BCUT2D eigenvalue weighted by Crippen LogP contribution is 2.19. The van der Waals surface area contributed by atoms with Gasteiger partial charge in [-0.3, -0.25) is 4.79 Å². The average molecular weight is 363 g/mol. The van der Waals surface area contributed by atoms with Gasteiger partial charge in [-0.25, -0.2) is 9.37 Å². The molecule has 4 nitrogen and oxygen atoms in total. The molecule has 0 saturated carbocycles. The number of rotatable bonds is 6. The van der Waals surface area contributed by atoms with Gasteiger partial charge in [-0.05, 0) is 55.8 Å². The van der Waals surface area contributed by atoms with Gasteiger partial charge in [0, 0.05) is 24.5 Å². The number of nitrogens with zero attached hydrogens (tertiary/aromatic N) is 2. The zero-order chi connectivity index (χ0) is 19.2. The van der Waals surface area contributed by atoms with Crippen LogP contribution in [0.4, 0.5) is 15.9 Å². The Morgan fingerprint density at radius 1 is 1.04 bits per heavy atom. The monoisotopic (exact) mass is 363 g/mol. The van der Waals surface area contributed by atoms with Gasteiger partial charge in [-0.15, -0.1) is 0 Å². The Morgan fingerprint density at radius 2 is 1.74 bits per heavy atom. The number of aromatic nitrogens is 1. The van der Waals surface area contributed by atoms with E-state index in [0.29, 0.717) is 11.3 Å². The Morgan fingerprint density at radius 3 is 2.33 bits per heavy atom. The molecule has 0 bridgehead atoms. The molecule has 27 heavy (non-hydrogen) atoms. The highest BCUT2D eigenvalue weighted by Gasteiger charge is 2.14. The van der Waals surface area contributed by atoms with Crippen LogP contribution in [0.5, 0.6) is 0 Å². The standard InChI is InChI=1S/C22H22FN3O/c1-16(2)26(15-17-6-4-3-5-7-17)21-13-8-18(14-24-21)22(27)25-20-11-9-19(23)10-12-20/h3-14,16H,15H2,1-2H3,(H,25,27). The molecular weight excluding hydrogens is 341 g/mol. The predicted octanol–water partition coefficient (Wildman–Crippen LogP) is 4.89. The van der Waals surface area contributed by atoms with Crippen molar-refractivity contribution in [1.29, 1.82) is 0 Å². The first-order chi connectivity index (χ1) is 13.0. The van der Waals surface area contributed by atoms with Gasteiger partial charge in [0.05, 0.1) is 5.56 Å². The largest absolute Gasteiger partial charge is 0.350 e. The lowest BCUT2D eigenvalue weighted by molar-refractivity contribution is 0.102. The molecule has 0 aliphatic rings. The Hall–Kier alpha value is -3.21. The highest BCUT2D eigenvalue weighted by atomic mass is 19.1. The van der Waals surface area contributed by atoms with E-state index < -0.39 is 0 Å². The van der Waals surface area contributed by atoms with Gasteiger partial charge in [-0.2, -0.15) is 0 Å². The Labute approximate surface area is 158 Å². The third-order valence-electron chi connectivity index (χ3n) is 4.23. The summed E-state index contributed by atoms with van der Waals surface area (Å²) in [4.78, 5) is 19.0. The van der Waals surface area contributed by atoms with Gasteiger partial charge in [0.1, 0.15) is 11.6 Å². The number of carbonyl (C=O) groups is 1. The summed E-state index contributed by atoms with van der Waals surface area (Å²) >= 11 is 0. The van der Waals surface area contributed by atoms with E-state index in [-0.39, 0.29) is 17.8 Å². The molecule has 0 aliphatic heterocycles. The van der Waals surface area contributed by atoms with Crippen LogP contribution in [-0.2, 0) is 6.54 Å². The van der Waals surface area contributed by atoms with Crippen molar-refractivity contribution in [2.45, 2.75) is 26.4 Å². The first-order valence-corrected chi connectivity index (χ1v) is 8.86. The highest BCUT2D eigenvalue weighted by molar-refractivity contribution is 6.04. The lowest BCUT2D eigenvalue weighted by Gasteiger charge is -2.28. The molecular formula is C22H22FN3O. The number of hydrogen-bond acceptors (Lipinski definition) is 3. The maximum absolute atomic E-state index is 13.0. The van der Waals surface area contributed by atoms with Crippen LogP contribution in [0, 0.1) is 5.82 Å². The van der Waals surface area contributed by atoms with Gasteiger partial charge >= 0.3 is 0 Å². The van der Waals surface area contributed by atoms with E-state index in [1.807, 2.05) is 24.3 Å². The molecule has 1 amide bonds. The number of anilines is 2. The van der Waals surface area contributed by atoms with E-state index in [1.165, 1.54) is 29.8 Å². The quantitative estimate of drug-likeness (QED) is 0.678. The molecule has 0 radical (unpaired) electrons. The van der Waals surface area contributed by atoms with Crippen molar-refractivity contribution in [3.05, 3.63) is 89.9 Å². The molecule has 5 heteroatoms. The molecule has 0 spiro atoms. The summed E-state index contributed by atoms with van der Waals surface area (Å²) in [6, 6.07) is 19.7. The van der Waals surface area contributed by atoms with E-state index in [9.17, 15) is 9.18 Å². The fraction of sp³-hybridized carbons (Fsp3) is 0.182. The van der Waals surface area contributed by atoms with Crippen LogP contribution in [0.15, 0.2) is 72.9 Å². The second kappa shape index (κ2) is 8.45. The maximum Gasteiger partial charge on any atom is 0.257 e. The molecule has 138 valence electrons. The first-order valence-electron chi connectivity index (χ1n) is 8.86. The second-order valence-corrected chi connectivity index (χ2v) is 6.57. The van der Waals surface area contributed by atoms with Crippen molar-refractivity contribution < 1.29 is 9.18 Å². The Balaban J connectivity index is 1.72. The number of carbonyl (C=O) groups excluding carboxylic acids is 1. The number of amides is 1. The molecule has 1 heterocycles. The summed E-state index contributed by atoms with van der Waals surface area (Å²) in [5, 5.41) is 2.74. The lowest BCUT2D eigenvalue weighted by atomic mass is 10.2. The number of nitrogens with one attached hydrogen (secondary N) is 1. The third-order valence-corrected chi connectivity index (χ3v) is 4.23. The van der Waals surface area contributed by atoms with E-state index >= 15 is 0 Å². The zero-order valence-electron chi connectivity index (χ0n) is 15.4. The van der Waals surface area contributed by atoms with Gasteiger partial charge in [0.15, 0.2) is 0 Å². The maximum atomic E-state index is 13.0. The normalized spacial score (nSPS) is 10.7. The van der Waals surface area contributed by atoms with Crippen LogP contribution in [0.25, 0.3) is 0 Å². The smallest absolute Gasteiger partial charge is 0.257 e. The molecule has 3 aromatic rings. The van der Waals surface area contributed by atoms with Crippen molar-refractivity contribution >= 4 is 17.4 Å². The summed E-state index contributed by atoms with van der Waals surface area (Å²) in [7, 11) is 0. The number of hydrogen-bond donors (Lipinski definition) is 1. The molecule has 0 atom stereocenters. The van der Waals surface area contributed by atoms with Crippen LogP contribution in [0.2, 0.25) is 0 Å². The topological polar surface area (TPSA) is 45.2 Å². The number of halogens is 1. The van der Waals surface area contributed by atoms with E-state index in [2.05, 4.69) is 41.2 Å². The van der Waals surface area contributed by atoms with Crippen LogP contribution in [0.1, 0.15) is 29.8 Å². The summed E-state index contributed by atoms with van der Waals surface area (Å²) in [6.07, 6.45) is 1.56. The predicted molar refractivity (Wildman–Crippen MR) is 106 cm³/mol. The van der Waals surface area contributed by atoms with Gasteiger partial charge in [-0.1, -0.05) is 30.3 Å². The zero-order valence-corrected chi connectivity index (χ0v) is 15.4. The van der Waals surface area contributed by atoms with Crippen LogP contribution in [0.3, 0.4) is 0 Å². The molecule has 0 aliphatic carbocycles. The summed E-state index contributed by atoms with van der Waals surface area (Å²) in [5.41, 5.74) is 2.19. The van der Waals surface area contributed by atoms with Crippen LogP contribution >= 0.6 is 0 Å². The number of benzene rings is 2. The summed E-state index contributed by atoms with van der Waals surface area (Å²) < 4.78 is 13.0. The average Bonchev–Trinajstić information content (AvgIpc) is 2.68. The van der Waals surface area contributed by atoms with E-state index in [1.54, 1.807) is 12.3 Å². The molecule has 1 aromatic heterocycles. The minimum Gasteiger partial charge on any atom is -0.350 e. The van der Waals surface area contributed by atoms with Crippen molar-refractivity contribution in [3.63, 3.8) is 0 Å². The number of pyridine rings is 1. The minimum atomic E-state index is -0.341. The fourth-order valence-corrected chi connectivity index (χ4v) is 2.73. The van der Waals surface area contributed by atoms with E-state index in [0.717, 1.165) is 12.4 Å². The molecule has 1 N–H and O–H groups in total. The fourth-order valence-electron chi connectivity index (χ4n) is 2.73. The lowest BCUT2D eigenvalue weighted by Crippen LogP contribution is -2.31. The van der Waals surface area contributed by atoms with Crippen molar-refractivity contribution in [1.82, 2.24) is 4.98 Å². The van der Waals surface area contributed by atoms with Crippen molar-refractivity contribution in [2.75, 3.05) is 10.2 Å². The summed E-state index contributed by atoms with van der Waals surface area (Å²) in [5.74, 6) is 0.193. The van der Waals surface area contributed by atoms with Gasteiger partial charge < -0.3 is 10.2 Å². The molecule has 0 fully saturated rings. The minimum absolute atomic E-state index is 0.261. The van der Waals surface area contributed by atoms with Gasteiger partial charge in [0.2, 0.25) is 0 Å². The van der Waals surface area contributed by atoms with Crippen molar-refractivity contribution in [3.8, 4) is 0 Å². The molecule has 0 saturated heterocycles. The SMILES string of the molecule is CC(C)N(Cc1ccccc1)c1ccc(C(=O)Nc2ccc(F)cc2)cn1. The van der Waals surface area contributed by atoms with Crippen LogP contribution in [-0.4, -0.2) is 16.9 Å². The summed E-state index contributed by atoms with van der Waals surface area (Å²) in [6.45, 7) is 4.96. The molecule has 3 rings (SSSR count).